The summed E-state index contributed by atoms with van der Waals surface area (Å²) in [5.41, 5.74) is 0.207. The molecule has 9 heteroatoms. The Morgan fingerprint density at radius 1 is 1.48 bits per heavy atom. The molecule has 2 unspecified atom stereocenters. The highest BCUT2D eigenvalue weighted by Crippen LogP contribution is 2.33. The van der Waals surface area contributed by atoms with Crippen molar-refractivity contribution < 1.29 is 14.1 Å². The van der Waals surface area contributed by atoms with E-state index in [1.807, 2.05) is 0 Å². The van der Waals surface area contributed by atoms with E-state index in [1.54, 1.807) is 24.3 Å². The van der Waals surface area contributed by atoms with Gasteiger partial charge < -0.3 is 10.4 Å². The molecule has 0 saturated heterocycles. The molecule has 116 valence electrons. The van der Waals surface area contributed by atoms with E-state index in [0.29, 0.717) is 10.6 Å². The number of allylic oxidation sites excluding steroid dienone is 1. The minimum Gasteiger partial charge on any atom is -0.612 e. The van der Waals surface area contributed by atoms with Crippen molar-refractivity contribution in [2.75, 3.05) is 0 Å². The van der Waals surface area contributed by atoms with Crippen LogP contribution in [0, 0.1) is 32.6 Å². The zero-order valence-electron chi connectivity index (χ0n) is 11.5. The first-order chi connectivity index (χ1) is 11.0. The summed E-state index contributed by atoms with van der Waals surface area (Å²) in [6.07, 6.45) is 2.85. The lowest BCUT2D eigenvalue weighted by Gasteiger charge is -2.21. The van der Waals surface area contributed by atoms with Crippen molar-refractivity contribution in [3.8, 4) is 6.07 Å². The van der Waals surface area contributed by atoms with Gasteiger partial charge in [-0.05, 0) is 28.7 Å². The molecule has 1 aliphatic carbocycles. The maximum Gasteiger partial charge on any atom is 0.288 e. The highest BCUT2D eigenvalue weighted by Gasteiger charge is 2.41. The Balaban J connectivity index is 2.14. The van der Waals surface area contributed by atoms with Crippen LogP contribution in [0.25, 0.3) is 6.08 Å². The molecule has 1 aromatic carbocycles. The summed E-state index contributed by atoms with van der Waals surface area (Å²) < 4.78 is 4.69. The molecule has 0 fully saturated rings. The number of benzene rings is 1. The normalized spacial score (nSPS) is 17.4. The van der Waals surface area contributed by atoms with Crippen LogP contribution in [0.4, 0.5) is 0 Å². The van der Waals surface area contributed by atoms with E-state index in [9.17, 15) is 20.6 Å². The van der Waals surface area contributed by atoms with Gasteiger partial charge >= 0.3 is 0 Å². The second-order valence-electron chi connectivity index (χ2n) is 4.90. The SMILES string of the molecule is N#CC(c1cccc(Cl)c1)C1C=Cc2c([nH]o[n+]2=O)C1=[N+]([O-])[O-]. The first kappa shape index (κ1) is 14.9. The number of fused-ring (bicyclic) bond motifs is 1. The van der Waals surface area contributed by atoms with Crippen LogP contribution in [0.1, 0.15) is 22.9 Å². The molecule has 0 radical (unpaired) electrons. The fourth-order valence-electron chi connectivity index (χ4n) is 2.60. The standard InChI is InChI=1S/C14H9ClN4O4/c15-9-3-1-2-8(6-9)11(7-16)10-4-5-12-13(14(10)18(20)21)17-23-19(12)22/h1-6,10-11,17H. The molecular weight excluding hydrogens is 324 g/mol. The van der Waals surface area contributed by atoms with Crippen LogP contribution >= 0.6 is 11.6 Å². The number of nitrogens with zero attached hydrogens (tertiary/aromatic N) is 3. The average molecular weight is 333 g/mol. The number of hydrogen-bond donors (Lipinski definition) is 1. The van der Waals surface area contributed by atoms with Gasteiger partial charge in [-0.25, -0.2) is 0 Å². The van der Waals surface area contributed by atoms with Crippen molar-refractivity contribution in [2.24, 2.45) is 5.92 Å². The molecule has 0 bridgehead atoms. The van der Waals surface area contributed by atoms with Crippen molar-refractivity contribution in [1.82, 2.24) is 5.16 Å². The number of rotatable bonds is 2. The smallest absolute Gasteiger partial charge is 0.288 e. The van der Waals surface area contributed by atoms with E-state index in [2.05, 4.69) is 15.9 Å². The Labute approximate surface area is 134 Å². The molecular formula is C14H9ClN4O4. The van der Waals surface area contributed by atoms with E-state index >= 15 is 0 Å². The summed E-state index contributed by atoms with van der Waals surface area (Å²) in [6.45, 7) is 0. The van der Waals surface area contributed by atoms with E-state index in [0.717, 1.165) is 0 Å². The number of nitriles is 1. The minimum absolute atomic E-state index is 0.00395. The Morgan fingerprint density at radius 3 is 2.91 bits per heavy atom. The molecule has 1 aromatic heterocycles. The molecule has 3 rings (SSSR count). The lowest BCUT2D eigenvalue weighted by atomic mass is 9.80. The molecule has 1 heterocycles. The summed E-state index contributed by atoms with van der Waals surface area (Å²) >= 11 is 5.93. The summed E-state index contributed by atoms with van der Waals surface area (Å²) in [5, 5.41) is 35.1. The fraction of sp³-hybridized carbons (Fsp3) is 0.143. The van der Waals surface area contributed by atoms with Crippen LogP contribution in [0.3, 0.4) is 0 Å². The third-order valence-electron chi connectivity index (χ3n) is 3.62. The summed E-state index contributed by atoms with van der Waals surface area (Å²) in [4.78, 5) is 10.8. The first-order valence-corrected chi connectivity index (χ1v) is 6.90. The predicted octanol–water partition coefficient (Wildman–Crippen LogP) is 1.92. The van der Waals surface area contributed by atoms with Crippen molar-refractivity contribution >= 4 is 23.4 Å². The number of hydrogen-bond acceptors (Lipinski definition) is 5. The van der Waals surface area contributed by atoms with Gasteiger partial charge in [0.2, 0.25) is 0 Å². The fourth-order valence-corrected chi connectivity index (χ4v) is 2.80. The molecule has 1 N–H and O–H groups in total. The lowest BCUT2D eigenvalue weighted by Crippen LogP contribution is -2.31. The molecule has 1 aliphatic rings. The van der Waals surface area contributed by atoms with Crippen LogP contribution < -0.4 is 4.60 Å². The maximum absolute atomic E-state index is 11.5. The summed E-state index contributed by atoms with van der Waals surface area (Å²) in [5.74, 6) is -1.68. The van der Waals surface area contributed by atoms with E-state index < -0.39 is 16.7 Å². The molecule has 0 amide bonds. The Bertz CT molecular complexity index is 917. The largest absolute Gasteiger partial charge is 0.612 e. The van der Waals surface area contributed by atoms with Gasteiger partial charge in [-0.1, -0.05) is 39.6 Å². The topological polar surface area (TPSA) is 125 Å². The van der Waals surface area contributed by atoms with Crippen LogP contribution in [0.5, 0.6) is 0 Å². The second-order valence-corrected chi connectivity index (χ2v) is 5.34. The van der Waals surface area contributed by atoms with Gasteiger partial charge in [0.1, 0.15) is 0 Å². The van der Waals surface area contributed by atoms with Gasteiger partial charge in [0.25, 0.3) is 17.1 Å². The van der Waals surface area contributed by atoms with Crippen molar-refractivity contribution in [3.05, 3.63) is 67.6 Å². The molecule has 0 aliphatic heterocycles. The highest BCUT2D eigenvalue weighted by atomic mass is 35.5. The van der Waals surface area contributed by atoms with Crippen LogP contribution in [0.2, 0.25) is 5.02 Å². The number of aromatic amines is 1. The third-order valence-corrected chi connectivity index (χ3v) is 3.85. The van der Waals surface area contributed by atoms with Gasteiger partial charge in [-0.15, -0.1) is 0 Å². The monoisotopic (exact) mass is 332 g/mol. The van der Waals surface area contributed by atoms with Gasteiger partial charge in [-0.3, -0.25) is 0 Å². The molecule has 23 heavy (non-hydrogen) atoms. The van der Waals surface area contributed by atoms with Gasteiger partial charge in [0.15, 0.2) is 4.60 Å². The van der Waals surface area contributed by atoms with Crippen LogP contribution in [-0.2, 0) is 0 Å². The zero-order valence-corrected chi connectivity index (χ0v) is 12.2. The second kappa shape index (κ2) is 5.62. The highest BCUT2D eigenvalue weighted by molar-refractivity contribution is 6.30. The summed E-state index contributed by atoms with van der Waals surface area (Å²) in [6, 6.07) is 8.65. The van der Waals surface area contributed by atoms with E-state index in [1.165, 1.54) is 12.2 Å². The third kappa shape index (κ3) is 2.47. The predicted molar refractivity (Wildman–Crippen MR) is 79.9 cm³/mol. The summed E-state index contributed by atoms with van der Waals surface area (Å²) in [7, 11) is 0. The number of aromatic nitrogens is 2. The number of H-pyrrole nitrogens is 1. The maximum atomic E-state index is 11.5. The molecule has 0 saturated carbocycles. The molecule has 8 nitrogen and oxygen atoms in total. The van der Waals surface area contributed by atoms with Gasteiger partial charge in [-0.2, -0.15) is 10.2 Å². The van der Waals surface area contributed by atoms with Crippen molar-refractivity contribution in [2.45, 2.75) is 5.92 Å². The number of nitrogens with one attached hydrogen (secondary N) is 1. The van der Waals surface area contributed by atoms with Crippen molar-refractivity contribution in [1.29, 1.82) is 5.26 Å². The first-order valence-electron chi connectivity index (χ1n) is 6.52. The average Bonchev–Trinajstić information content (AvgIpc) is 2.89. The molecule has 2 aromatic rings. The molecule has 2 atom stereocenters. The van der Waals surface area contributed by atoms with Gasteiger partial charge in [0, 0.05) is 5.02 Å². The lowest BCUT2D eigenvalue weighted by molar-refractivity contribution is -0.714. The van der Waals surface area contributed by atoms with Crippen LogP contribution in [0.15, 0.2) is 35.0 Å². The zero-order chi connectivity index (χ0) is 16.6. The van der Waals surface area contributed by atoms with E-state index in [4.69, 9.17) is 11.6 Å². The minimum atomic E-state index is -0.852. The van der Waals surface area contributed by atoms with Crippen molar-refractivity contribution in [3.63, 3.8) is 0 Å². The number of halogens is 1. The molecule has 0 spiro atoms. The quantitative estimate of drug-likeness (QED) is 0.664. The Hall–Kier alpha value is -3.05. The van der Waals surface area contributed by atoms with Crippen LogP contribution in [-0.4, -0.2) is 15.8 Å². The Morgan fingerprint density at radius 2 is 2.26 bits per heavy atom. The Kier molecular flexibility index (Phi) is 3.64. The van der Waals surface area contributed by atoms with E-state index in [-0.39, 0.29) is 21.7 Å². The van der Waals surface area contributed by atoms with Gasteiger partial charge in [0.05, 0.1) is 17.9 Å².